The van der Waals surface area contributed by atoms with Crippen molar-refractivity contribution < 1.29 is 0 Å². The van der Waals surface area contributed by atoms with Crippen molar-refractivity contribution in [1.29, 1.82) is 0 Å². The first kappa shape index (κ1) is 8.82. The summed E-state index contributed by atoms with van der Waals surface area (Å²) in [5.41, 5.74) is 0.912. The van der Waals surface area contributed by atoms with E-state index in [1.54, 1.807) is 6.21 Å². The highest BCUT2D eigenvalue weighted by molar-refractivity contribution is 6.30. The molecule has 0 unspecified atom stereocenters. The van der Waals surface area contributed by atoms with Crippen LogP contribution >= 0.6 is 0 Å². The normalized spacial score (nSPS) is 11.9. The molecule has 0 atom stereocenters. The average Bonchev–Trinajstić information content (AvgIpc) is 1.98. The fourth-order valence-corrected chi connectivity index (χ4v) is 0.472. The zero-order valence-electron chi connectivity index (χ0n) is 6.25. The Bertz CT molecular complexity index is 166. The van der Waals surface area contributed by atoms with Crippen LogP contribution in [0.25, 0.3) is 0 Å². The fourth-order valence-electron chi connectivity index (χ4n) is 0.472. The molecule has 0 aliphatic rings. The van der Waals surface area contributed by atoms with Crippen LogP contribution in [-0.2, 0) is 0 Å². The first-order valence-corrected chi connectivity index (χ1v) is 3.16. The molecule has 0 aromatic rings. The maximum Gasteiger partial charge on any atom is 0.0582 e. The number of hydrogen-bond acceptors (Lipinski definition) is 2. The molecule has 0 aliphatic carbocycles. The Kier molecular flexibility index (Phi) is 5.25. The van der Waals surface area contributed by atoms with Crippen LogP contribution in [0.5, 0.6) is 0 Å². The van der Waals surface area contributed by atoms with Gasteiger partial charge in [-0.15, -0.1) is 0 Å². The summed E-state index contributed by atoms with van der Waals surface area (Å²) >= 11 is 0. The van der Waals surface area contributed by atoms with Gasteiger partial charge in [-0.2, -0.15) is 0 Å². The highest BCUT2D eigenvalue weighted by Gasteiger charge is 1.85. The summed E-state index contributed by atoms with van der Waals surface area (Å²) in [7, 11) is 0. The summed E-state index contributed by atoms with van der Waals surface area (Å²) in [6, 6.07) is 0. The SMILES string of the molecule is C=CN=CC(CC)=NC=C. The van der Waals surface area contributed by atoms with E-state index in [2.05, 4.69) is 23.1 Å². The van der Waals surface area contributed by atoms with Gasteiger partial charge in [-0.05, 0) is 6.42 Å². The number of nitrogens with zero attached hydrogens (tertiary/aromatic N) is 2. The molecule has 54 valence electrons. The second kappa shape index (κ2) is 5.95. The number of aliphatic imine (C=N–C) groups is 2. The van der Waals surface area contributed by atoms with Gasteiger partial charge in [-0.25, -0.2) is 0 Å². The lowest BCUT2D eigenvalue weighted by molar-refractivity contribution is 1.29. The van der Waals surface area contributed by atoms with Crippen LogP contribution in [0.15, 0.2) is 35.5 Å². The zero-order chi connectivity index (χ0) is 7.82. The van der Waals surface area contributed by atoms with Crippen LogP contribution in [0.2, 0.25) is 0 Å². The summed E-state index contributed by atoms with van der Waals surface area (Å²) in [6.45, 7) is 8.94. The second-order valence-corrected chi connectivity index (χ2v) is 1.62. The fraction of sp³-hybridized carbons (Fsp3) is 0.250. The predicted molar refractivity (Wildman–Crippen MR) is 46.6 cm³/mol. The van der Waals surface area contributed by atoms with E-state index in [1.165, 1.54) is 12.4 Å². The van der Waals surface area contributed by atoms with Crippen molar-refractivity contribution in [2.75, 3.05) is 0 Å². The third-order valence-electron chi connectivity index (χ3n) is 0.948. The van der Waals surface area contributed by atoms with Crippen molar-refractivity contribution in [2.45, 2.75) is 13.3 Å². The lowest BCUT2D eigenvalue weighted by Crippen LogP contribution is -1.95. The minimum Gasteiger partial charge on any atom is -0.263 e. The Morgan fingerprint density at radius 1 is 1.40 bits per heavy atom. The van der Waals surface area contributed by atoms with Crippen LogP contribution in [0, 0.1) is 0 Å². The molecular weight excluding hydrogens is 124 g/mol. The Morgan fingerprint density at radius 3 is 2.50 bits per heavy atom. The minimum atomic E-state index is 0.864. The Morgan fingerprint density at radius 2 is 2.10 bits per heavy atom. The van der Waals surface area contributed by atoms with Gasteiger partial charge in [-0.1, -0.05) is 20.1 Å². The molecule has 0 aromatic carbocycles. The quantitative estimate of drug-likeness (QED) is 0.529. The Labute approximate surface area is 61.7 Å². The summed E-state index contributed by atoms with van der Waals surface area (Å²) in [5, 5.41) is 0. The van der Waals surface area contributed by atoms with Gasteiger partial charge in [0.25, 0.3) is 0 Å². The molecule has 0 aliphatic heterocycles. The third kappa shape index (κ3) is 3.78. The average molecular weight is 136 g/mol. The van der Waals surface area contributed by atoms with E-state index in [0.717, 1.165) is 12.1 Å². The predicted octanol–water partition coefficient (Wildman–Crippen LogP) is 2.20. The molecule has 0 heterocycles. The smallest absolute Gasteiger partial charge is 0.0582 e. The molecule has 10 heavy (non-hydrogen) atoms. The maximum absolute atomic E-state index is 3.96. The monoisotopic (exact) mass is 136 g/mol. The van der Waals surface area contributed by atoms with E-state index in [-0.39, 0.29) is 0 Å². The molecule has 0 radical (unpaired) electrons. The van der Waals surface area contributed by atoms with E-state index in [1.807, 2.05) is 6.92 Å². The van der Waals surface area contributed by atoms with Crippen molar-refractivity contribution in [1.82, 2.24) is 0 Å². The molecule has 0 bridgehead atoms. The molecule has 0 saturated carbocycles. The lowest BCUT2D eigenvalue weighted by Gasteiger charge is -1.88. The molecule has 0 rings (SSSR count). The van der Waals surface area contributed by atoms with Gasteiger partial charge in [0.05, 0.1) is 5.71 Å². The van der Waals surface area contributed by atoms with Gasteiger partial charge in [0.1, 0.15) is 0 Å². The molecule has 0 fully saturated rings. The number of rotatable bonds is 4. The summed E-state index contributed by atoms with van der Waals surface area (Å²) in [4.78, 5) is 7.79. The lowest BCUT2D eigenvalue weighted by atomic mass is 10.3. The standard InChI is InChI=1S/C8H12N2/c1-4-8(10-6-3)7-9-5-2/h5-7H,2-4H2,1H3. The molecular formula is C8H12N2. The summed E-state index contributed by atoms with van der Waals surface area (Å²) < 4.78 is 0. The highest BCUT2D eigenvalue weighted by atomic mass is 14.7. The molecule has 0 saturated heterocycles. The molecule has 0 N–H and O–H groups in total. The van der Waals surface area contributed by atoms with E-state index in [4.69, 9.17) is 0 Å². The molecule has 2 nitrogen and oxygen atoms in total. The van der Waals surface area contributed by atoms with E-state index >= 15 is 0 Å². The Hall–Kier alpha value is -1.18. The summed E-state index contributed by atoms with van der Waals surface area (Å²) in [6.07, 6.45) is 5.53. The van der Waals surface area contributed by atoms with E-state index < -0.39 is 0 Å². The van der Waals surface area contributed by atoms with Crippen LogP contribution in [0.1, 0.15) is 13.3 Å². The minimum absolute atomic E-state index is 0.864. The largest absolute Gasteiger partial charge is 0.263 e. The first-order chi connectivity index (χ1) is 4.85. The van der Waals surface area contributed by atoms with Gasteiger partial charge in [-0.3, -0.25) is 9.98 Å². The second-order valence-electron chi connectivity index (χ2n) is 1.62. The zero-order valence-corrected chi connectivity index (χ0v) is 6.25. The highest BCUT2D eigenvalue weighted by Crippen LogP contribution is 1.83. The maximum atomic E-state index is 3.96. The first-order valence-electron chi connectivity index (χ1n) is 3.16. The van der Waals surface area contributed by atoms with Gasteiger partial charge < -0.3 is 0 Å². The van der Waals surface area contributed by atoms with E-state index in [9.17, 15) is 0 Å². The third-order valence-corrected chi connectivity index (χ3v) is 0.948. The van der Waals surface area contributed by atoms with Crippen LogP contribution in [0.4, 0.5) is 0 Å². The van der Waals surface area contributed by atoms with Crippen LogP contribution in [0.3, 0.4) is 0 Å². The van der Waals surface area contributed by atoms with Gasteiger partial charge in [0, 0.05) is 18.6 Å². The van der Waals surface area contributed by atoms with Gasteiger partial charge in [0.2, 0.25) is 0 Å². The molecule has 0 aromatic heterocycles. The van der Waals surface area contributed by atoms with Crippen molar-refractivity contribution in [2.24, 2.45) is 9.98 Å². The Balaban J connectivity index is 4.06. The summed E-state index contributed by atoms with van der Waals surface area (Å²) in [5.74, 6) is 0. The van der Waals surface area contributed by atoms with E-state index in [0.29, 0.717) is 0 Å². The van der Waals surface area contributed by atoms with Crippen molar-refractivity contribution >= 4 is 11.9 Å². The van der Waals surface area contributed by atoms with Crippen molar-refractivity contribution in [3.05, 3.63) is 25.6 Å². The molecule has 0 spiro atoms. The van der Waals surface area contributed by atoms with Gasteiger partial charge in [0.15, 0.2) is 0 Å². The molecule has 2 heteroatoms. The van der Waals surface area contributed by atoms with Crippen LogP contribution < -0.4 is 0 Å². The number of hydrogen-bond donors (Lipinski definition) is 0. The van der Waals surface area contributed by atoms with Gasteiger partial charge >= 0.3 is 0 Å². The van der Waals surface area contributed by atoms with Crippen LogP contribution in [-0.4, -0.2) is 11.9 Å². The topological polar surface area (TPSA) is 24.7 Å². The van der Waals surface area contributed by atoms with Crippen molar-refractivity contribution in [3.8, 4) is 0 Å². The van der Waals surface area contributed by atoms with Crippen molar-refractivity contribution in [3.63, 3.8) is 0 Å². The molecule has 0 amide bonds.